The van der Waals surface area contributed by atoms with Gasteiger partial charge in [0.05, 0.1) is 0 Å². The first-order chi connectivity index (χ1) is 8.16. The average Bonchev–Trinajstić information content (AvgIpc) is 2.40. The smallest absolute Gasteiger partial charge is 0.372 e. The Balaban J connectivity index is 2.32. The van der Waals surface area contributed by atoms with Gasteiger partial charge in [-0.15, -0.1) is 0 Å². The summed E-state index contributed by atoms with van der Waals surface area (Å²) < 4.78 is 21.4. The monoisotopic (exact) mass is 247 g/mol. The second-order valence-corrected chi connectivity index (χ2v) is 4.88. The lowest BCUT2D eigenvalue weighted by atomic mass is 10.0. The van der Waals surface area contributed by atoms with Gasteiger partial charge in [-0.25, -0.2) is 4.57 Å². The number of hydrogen-bond donors (Lipinski definition) is 0. The third-order valence-corrected chi connectivity index (χ3v) is 3.33. The summed E-state index contributed by atoms with van der Waals surface area (Å²) in [6.07, 6.45) is 0. The van der Waals surface area contributed by atoms with E-state index in [1.54, 1.807) is 36.4 Å². The van der Waals surface area contributed by atoms with Crippen molar-refractivity contribution in [3.63, 3.8) is 0 Å². The Morgan fingerprint density at radius 1 is 0.824 bits per heavy atom. The summed E-state index contributed by atoms with van der Waals surface area (Å²) >= 11 is 0. The molecule has 0 radical (unpaired) electrons. The molecule has 2 aromatic carbocycles. The van der Waals surface area contributed by atoms with E-state index in [9.17, 15) is 9.46 Å². The SMILES string of the molecule is O=P1([O-])Oc2ccccc2-c2ccccc2O1. The van der Waals surface area contributed by atoms with Gasteiger partial charge >= 0.3 is 7.82 Å². The van der Waals surface area contributed by atoms with E-state index in [-0.39, 0.29) is 11.5 Å². The zero-order valence-corrected chi connectivity index (χ0v) is 9.59. The standard InChI is InChI=1S/C12H9O4P/c13-17(14)15-11-7-3-1-5-9(11)10-6-2-4-8-12(10)16-17/h1-8H,(H,13,14)/p-1. The molecule has 2 aromatic rings. The molecule has 0 aliphatic carbocycles. The van der Waals surface area contributed by atoms with Gasteiger partial charge in [-0.2, -0.15) is 0 Å². The van der Waals surface area contributed by atoms with E-state index in [2.05, 4.69) is 0 Å². The Morgan fingerprint density at radius 2 is 1.24 bits per heavy atom. The van der Waals surface area contributed by atoms with Crippen molar-refractivity contribution in [2.45, 2.75) is 0 Å². The highest BCUT2D eigenvalue weighted by Crippen LogP contribution is 2.50. The van der Waals surface area contributed by atoms with Crippen LogP contribution < -0.4 is 13.9 Å². The second-order valence-electron chi connectivity index (χ2n) is 3.62. The van der Waals surface area contributed by atoms with Crippen LogP contribution in [-0.2, 0) is 4.57 Å². The third-order valence-electron chi connectivity index (χ3n) is 2.48. The summed E-state index contributed by atoms with van der Waals surface area (Å²) in [6.45, 7) is 0. The van der Waals surface area contributed by atoms with E-state index in [1.807, 2.05) is 12.1 Å². The van der Waals surface area contributed by atoms with Crippen LogP contribution in [0.25, 0.3) is 11.1 Å². The molecule has 5 heteroatoms. The summed E-state index contributed by atoms with van der Waals surface area (Å²) in [7, 11) is -4.34. The van der Waals surface area contributed by atoms with Crippen molar-refractivity contribution in [3.05, 3.63) is 48.5 Å². The number of phosphoric acid groups is 1. The van der Waals surface area contributed by atoms with Gasteiger partial charge in [-0.1, -0.05) is 36.4 Å². The minimum atomic E-state index is -4.34. The van der Waals surface area contributed by atoms with Gasteiger partial charge in [-0.05, 0) is 12.1 Å². The predicted molar refractivity (Wildman–Crippen MR) is 60.7 cm³/mol. The fraction of sp³-hybridized carbons (Fsp3) is 0. The van der Waals surface area contributed by atoms with Crippen LogP contribution in [0.3, 0.4) is 0 Å². The molecule has 17 heavy (non-hydrogen) atoms. The molecule has 0 atom stereocenters. The Hall–Kier alpha value is -1.77. The molecule has 3 rings (SSSR count). The molecular formula is C12H8O4P-. The van der Waals surface area contributed by atoms with Crippen molar-refractivity contribution in [1.82, 2.24) is 0 Å². The maximum atomic E-state index is 11.6. The summed E-state index contributed by atoms with van der Waals surface area (Å²) in [5.41, 5.74) is 1.41. The molecule has 0 saturated heterocycles. The van der Waals surface area contributed by atoms with Crippen molar-refractivity contribution in [1.29, 1.82) is 0 Å². The van der Waals surface area contributed by atoms with Crippen molar-refractivity contribution in [2.75, 3.05) is 0 Å². The Bertz CT molecular complexity index is 572. The molecule has 0 bridgehead atoms. The van der Waals surface area contributed by atoms with Crippen LogP contribution in [0.5, 0.6) is 11.5 Å². The highest BCUT2D eigenvalue weighted by molar-refractivity contribution is 7.46. The van der Waals surface area contributed by atoms with E-state index in [1.165, 1.54) is 0 Å². The van der Waals surface area contributed by atoms with Gasteiger partial charge in [0.25, 0.3) is 0 Å². The zero-order valence-electron chi connectivity index (χ0n) is 8.70. The third kappa shape index (κ3) is 1.82. The maximum Gasteiger partial charge on any atom is 0.372 e. The van der Waals surface area contributed by atoms with Crippen molar-refractivity contribution in [2.24, 2.45) is 0 Å². The molecule has 1 aliphatic heterocycles. The molecule has 0 spiro atoms. The highest BCUT2D eigenvalue weighted by Gasteiger charge is 2.23. The molecule has 0 amide bonds. The molecule has 0 saturated carbocycles. The molecule has 1 aliphatic rings. The van der Waals surface area contributed by atoms with Crippen LogP contribution in [0, 0.1) is 0 Å². The van der Waals surface area contributed by atoms with Crippen molar-refractivity contribution < 1.29 is 18.5 Å². The topological polar surface area (TPSA) is 58.6 Å². The first kappa shape index (κ1) is 10.4. The summed E-state index contributed by atoms with van der Waals surface area (Å²) in [4.78, 5) is 11.6. The molecule has 86 valence electrons. The van der Waals surface area contributed by atoms with Crippen LogP contribution in [0.15, 0.2) is 48.5 Å². The van der Waals surface area contributed by atoms with E-state index >= 15 is 0 Å². The van der Waals surface area contributed by atoms with E-state index in [0.29, 0.717) is 11.1 Å². The minimum absolute atomic E-state index is 0.288. The van der Waals surface area contributed by atoms with Crippen LogP contribution in [-0.4, -0.2) is 0 Å². The Kier molecular flexibility index (Phi) is 2.21. The summed E-state index contributed by atoms with van der Waals surface area (Å²) in [6, 6.07) is 13.9. The van der Waals surface area contributed by atoms with E-state index in [0.717, 1.165) is 0 Å². The lowest BCUT2D eigenvalue weighted by molar-refractivity contribution is -0.208. The van der Waals surface area contributed by atoms with Crippen molar-refractivity contribution in [3.8, 4) is 22.6 Å². The minimum Gasteiger partial charge on any atom is -0.736 e. The molecule has 0 N–H and O–H groups in total. The lowest BCUT2D eigenvalue weighted by Gasteiger charge is -2.21. The summed E-state index contributed by atoms with van der Waals surface area (Å²) in [5.74, 6) is 0.576. The molecule has 4 nitrogen and oxygen atoms in total. The number of benzene rings is 2. The molecule has 0 aromatic heterocycles. The fourth-order valence-electron chi connectivity index (χ4n) is 1.80. The number of phosphoric ester groups is 1. The van der Waals surface area contributed by atoms with E-state index < -0.39 is 7.82 Å². The second kappa shape index (κ2) is 3.62. The van der Waals surface area contributed by atoms with E-state index in [4.69, 9.17) is 9.05 Å². The number of hydrogen-bond acceptors (Lipinski definition) is 4. The Morgan fingerprint density at radius 3 is 1.71 bits per heavy atom. The average molecular weight is 247 g/mol. The molecular weight excluding hydrogens is 239 g/mol. The van der Waals surface area contributed by atoms with Crippen molar-refractivity contribution >= 4 is 7.82 Å². The molecule has 0 unspecified atom stereocenters. The van der Waals surface area contributed by atoms with Gasteiger partial charge in [0.15, 0.2) is 0 Å². The predicted octanol–water partition coefficient (Wildman–Crippen LogP) is 2.59. The maximum absolute atomic E-state index is 11.6. The first-order valence-corrected chi connectivity index (χ1v) is 6.50. The fourth-order valence-corrected chi connectivity index (χ4v) is 2.63. The van der Waals surface area contributed by atoms with Gasteiger partial charge < -0.3 is 13.9 Å². The quantitative estimate of drug-likeness (QED) is 0.671. The van der Waals surface area contributed by atoms with Crippen LogP contribution >= 0.6 is 7.82 Å². The lowest BCUT2D eigenvalue weighted by Crippen LogP contribution is -2.11. The zero-order chi connectivity index (χ0) is 11.9. The number of rotatable bonds is 0. The molecule has 1 heterocycles. The number of para-hydroxylation sites is 2. The normalized spacial score (nSPS) is 15.8. The summed E-state index contributed by atoms with van der Waals surface area (Å²) in [5, 5.41) is 0. The van der Waals surface area contributed by atoms with Gasteiger partial charge in [0.2, 0.25) is 0 Å². The van der Waals surface area contributed by atoms with Crippen LogP contribution in [0.1, 0.15) is 0 Å². The largest absolute Gasteiger partial charge is 0.736 e. The Labute approximate surface area is 98.1 Å². The van der Waals surface area contributed by atoms with Gasteiger partial charge in [0.1, 0.15) is 11.5 Å². The van der Waals surface area contributed by atoms with Crippen LogP contribution in [0.4, 0.5) is 0 Å². The number of fused-ring (bicyclic) bond motifs is 3. The van der Waals surface area contributed by atoms with Crippen LogP contribution in [0.2, 0.25) is 0 Å². The van der Waals surface area contributed by atoms with Gasteiger partial charge in [-0.3, -0.25) is 0 Å². The highest BCUT2D eigenvalue weighted by atomic mass is 31.2. The first-order valence-electron chi connectivity index (χ1n) is 5.04. The van der Waals surface area contributed by atoms with Gasteiger partial charge in [0, 0.05) is 11.1 Å². The molecule has 0 fully saturated rings.